The maximum atomic E-state index is 12.0. The van der Waals surface area contributed by atoms with Gasteiger partial charge in [0.15, 0.2) is 0 Å². The zero-order valence-corrected chi connectivity index (χ0v) is 15.0. The van der Waals surface area contributed by atoms with Gasteiger partial charge in [0.05, 0.1) is 0 Å². The molecule has 0 spiro atoms. The van der Waals surface area contributed by atoms with Gasteiger partial charge in [-0.1, -0.05) is 64.1 Å². The molecule has 0 saturated carbocycles. The van der Waals surface area contributed by atoms with E-state index in [-0.39, 0.29) is 5.91 Å². The zero-order valence-electron chi connectivity index (χ0n) is 15.0. The normalized spacial score (nSPS) is 12.5. The van der Waals surface area contributed by atoms with Crippen molar-refractivity contribution >= 4 is 17.7 Å². The summed E-state index contributed by atoms with van der Waals surface area (Å²) in [5, 5.41) is 2.90. The maximum absolute atomic E-state index is 12.0. The van der Waals surface area contributed by atoms with E-state index < -0.39 is 0 Å². The molecule has 0 aliphatic carbocycles. The Morgan fingerprint density at radius 3 is 2.08 bits per heavy atom. The molecule has 0 aliphatic heterocycles. The molecule has 0 aromatic heterocycles. The Bertz CT molecular complexity index is 681. The number of anilines is 1. The van der Waals surface area contributed by atoms with Crippen molar-refractivity contribution in [3.05, 3.63) is 71.3 Å². The second-order valence-electron chi connectivity index (χ2n) is 6.58. The summed E-state index contributed by atoms with van der Waals surface area (Å²) in [6, 6.07) is 16.4. The lowest BCUT2D eigenvalue weighted by Gasteiger charge is -2.09. The van der Waals surface area contributed by atoms with Crippen LogP contribution in [0, 0.1) is 0 Å². The topological polar surface area (TPSA) is 29.1 Å². The molecule has 126 valence electrons. The number of hydrogen-bond donors (Lipinski definition) is 1. The third-order valence-corrected chi connectivity index (χ3v) is 4.39. The average Bonchev–Trinajstić information content (AvgIpc) is 2.60. The monoisotopic (exact) mass is 321 g/mol. The fourth-order valence-corrected chi connectivity index (χ4v) is 2.48. The van der Waals surface area contributed by atoms with Crippen molar-refractivity contribution < 1.29 is 4.79 Å². The summed E-state index contributed by atoms with van der Waals surface area (Å²) in [6.07, 6.45) is 4.53. The first-order chi connectivity index (χ1) is 11.5. The van der Waals surface area contributed by atoms with Crippen LogP contribution in [-0.2, 0) is 4.79 Å². The predicted octanol–water partition coefficient (Wildman–Crippen LogP) is 5.98. The van der Waals surface area contributed by atoms with Gasteiger partial charge in [-0.15, -0.1) is 0 Å². The van der Waals surface area contributed by atoms with E-state index in [1.165, 1.54) is 11.1 Å². The molecule has 0 heterocycles. The van der Waals surface area contributed by atoms with Crippen LogP contribution in [0.4, 0.5) is 5.69 Å². The van der Waals surface area contributed by atoms with Crippen molar-refractivity contribution in [2.45, 2.75) is 46.0 Å². The maximum Gasteiger partial charge on any atom is 0.248 e. The minimum atomic E-state index is -0.112. The highest BCUT2D eigenvalue weighted by atomic mass is 16.1. The van der Waals surface area contributed by atoms with Crippen LogP contribution in [0.1, 0.15) is 62.6 Å². The first-order valence-electron chi connectivity index (χ1n) is 8.68. The van der Waals surface area contributed by atoms with Crippen LogP contribution in [0.15, 0.2) is 54.6 Å². The first-order valence-corrected chi connectivity index (χ1v) is 8.68. The van der Waals surface area contributed by atoms with Gasteiger partial charge < -0.3 is 5.32 Å². The third kappa shape index (κ3) is 5.09. The fraction of sp³-hybridized carbons (Fsp3) is 0.318. The largest absolute Gasteiger partial charge is 0.323 e. The van der Waals surface area contributed by atoms with Crippen molar-refractivity contribution in [1.82, 2.24) is 0 Å². The van der Waals surface area contributed by atoms with Gasteiger partial charge in [0, 0.05) is 11.8 Å². The molecule has 0 bridgehead atoms. The third-order valence-electron chi connectivity index (χ3n) is 4.39. The second-order valence-corrected chi connectivity index (χ2v) is 6.58. The molecule has 0 saturated heterocycles. The highest BCUT2D eigenvalue weighted by molar-refractivity contribution is 6.01. The van der Waals surface area contributed by atoms with Crippen LogP contribution in [0.3, 0.4) is 0 Å². The number of rotatable bonds is 6. The van der Waals surface area contributed by atoms with Crippen LogP contribution in [0.5, 0.6) is 0 Å². The molecule has 0 fully saturated rings. The summed E-state index contributed by atoms with van der Waals surface area (Å²) in [5.74, 6) is 0.951. The van der Waals surface area contributed by atoms with Gasteiger partial charge in [0.1, 0.15) is 0 Å². The molecule has 2 nitrogen and oxygen atoms in total. The van der Waals surface area contributed by atoms with Crippen LogP contribution >= 0.6 is 0 Å². The molecule has 24 heavy (non-hydrogen) atoms. The van der Waals surface area contributed by atoms with Gasteiger partial charge in [0.25, 0.3) is 0 Å². The SMILES string of the molecule is CC[C@@H](C)c1ccc(NC(=O)/C=C\c2ccc(C(C)C)cc2)cc1. The van der Waals surface area contributed by atoms with Crippen LogP contribution in [-0.4, -0.2) is 5.91 Å². The van der Waals surface area contributed by atoms with Crippen molar-refractivity contribution in [3.8, 4) is 0 Å². The minimum Gasteiger partial charge on any atom is -0.323 e. The highest BCUT2D eigenvalue weighted by Crippen LogP contribution is 2.20. The standard InChI is InChI=1S/C22H27NO/c1-5-17(4)20-11-13-21(14-12-20)23-22(24)15-8-18-6-9-19(10-7-18)16(2)3/h6-17H,5H2,1-4H3,(H,23,24)/b15-8-/t17-/m1/s1. The van der Waals surface area contributed by atoms with Gasteiger partial charge in [-0.05, 0) is 53.2 Å². The summed E-state index contributed by atoms with van der Waals surface area (Å²) in [5.41, 5.74) is 4.46. The van der Waals surface area contributed by atoms with Gasteiger partial charge in [0.2, 0.25) is 5.91 Å². The Labute approximate surface area is 145 Å². The number of nitrogens with one attached hydrogen (secondary N) is 1. The van der Waals surface area contributed by atoms with E-state index in [1.807, 2.05) is 30.3 Å². The lowest BCUT2D eigenvalue weighted by molar-refractivity contribution is -0.111. The Morgan fingerprint density at radius 1 is 0.958 bits per heavy atom. The summed E-state index contributed by atoms with van der Waals surface area (Å²) >= 11 is 0. The number of benzene rings is 2. The molecular weight excluding hydrogens is 294 g/mol. The quantitative estimate of drug-likeness (QED) is 0.652. The van der Waals surface area contributed by atoms with E-state index in [0.717, 1.165) is 17.7 Å². The molecule has 1 amide bonds. The molecular formula is C22H27NO. The molecule has 0 aliphatic rings. The van der Waals surface area contributed by atoms with Crippen molar-refractivity contribution in [2.75, 3.05) is 5.32 Å². The predicted molar refractivity (Wildman–Crippen MR) is 103 cm³/mol. The molecule has 1 atom stereocenters. The molecule has 2 heteroatoms. The van der Waals surface area contributed by atoms with E-state index in [9.17, 15) is 4.79 Å². The van der Waals surface area contributed by atoms with Crippen LogP contribution in [0.25, 0.3) is 6.08 Å². The van der Waals surface area contributed by atoms with Crippen molar-refractivity contribution in [3.63, 3.8) is 0 Å². The Morgan fingerprint density at radius 2 is 1.54 bits per heavy atom. The highest BCUT2D eigenvalue weighted by Gasteiger charge is 2.03. The summed E-state index contributed by atoms with van der Waals surface area (Å²) in [7, 11) is 0. The smallest absolute Gasteiger partial charge is 0.248 e. The number of amides is 1. The van der Waals surface area contributed by atoms with Crippen molar-refractivity contribution in [2.24, 2.45) is 0 Å². The number of carbonyl (C=O) groups excluding carboxylic acids is 1. The van der Waals surface area contributed by atoms with E-state index in [1.54, 1.807) is 6.08 Å². The summed E-state index contributed by atoms with van der Waals surface area (Å²) < 4.78 is 0. The van der Waals surface area contributed by atoms with E-state index in [0.29, 0.717) is 11.8 Å². The molecule has 2 rings (SSSR count). The van der Waals surface area contributed by atoms with Gasteiger partial charge >= 0.3 is 0 Å². The van der Waals surface area contributed by atoms with Gasteiger partial charge in [-0.2, -0.15) is 0 Å². The molecule has 2 aromatic rings. The van der Waals surface area contributed by atoms with E-state index >= 15 is 0 Å². The molecule has 1 N–H and O–H groups in total. The first kappa shape index (κ1) is 18.0. The van der Waals surface area contributed by atoms with Crippen LogP contribution in [0.2, 0.25) is 0 Å². The minimum absolute atomic E-state index is 0.112. The second kappa shape index (κ2) is 8.49. The van der Waals surface area contributed by atoms with Gasteiger partial charge in [-0.25, -0.2) is 0 Å². The fourth-order valence-electron chi connectivity index (χ4n) is 2.48. The van der Waals surface area contributed by atoms with E-state index in [4.69, 9.17) is 0 Å². The molecule has 0 unspecified atom stereocenters. The molecule has 0 radical (unpaired) electrons. The summed E-state index contributed by atoms with van der Waals surface area (Å²) in [6.45, 7) is 8.73. The Kier molecular flexibility index (Phi) is 6.36. The molecule has 2 aromatic carbocycles. The van der Waals surface area contributed by atoms with Crippen LogP contribution < -0.4 is 5.32 Å². The number of hydrogen-bond acceptors (Lipinski definition) is 1. The van der Waals surface area contributed by atoms with E-state index in [2.05, 4.69) is 57.3 Å². The lowest BCUT2D eigenvalue weighted by Crippen LogP contribution is -2.07. The zero-order chi connectivity index (χ0) is 17.5. The number of carbonyl (C=O) groups is 1. The van der Waals surface area contributed by atoms with Gasteiger partial charge in [-0.3, -0.25) is 4.79 Å². The average molecular weight is 321 g/mol. The lowest BCUT2D eigenvalue weighted by atomic mass is 9.99. The van der Waals surface area contributed by atoms with Crippen molar-refractivity contribution in [1.29, 1.82) is 0 Å². The Balaban J connectivity index is 1.94. The summed E-state index contributed by atoms with van der Waals surface area (Å²) in [4.78, 5) is 12.0. The Hall–Kier alpha value is -2.35.